The van der Waals surface area contributed by atoms with E-state index in [9.17, 15) is 4.21 Å². The van der Waals surface area contributed by atoms with Crippen LogP contribution in [0.4, 0.5) is 29.0 Å². The van der Waals surface area contributed by atoms with Gasteiger partial charge in [-0.1, -0.05) is 18.2 Å². The van der Waals surface area contributed by atoms with Gasteiger partial charge in [0, 0.05) is 55.7 Å². The lowest BCUT2D eigenvalue weighted by atomic mass is 9.72. The van der Waals surface area contributed by atoms with Gasteiger partial charge in [0.15, 0.2) is 5.82 Å². The Morgan fingerprint density at radius 3 is 2.72 bits per heavy atom. The minimum atomic E-state index is -2.10. The Morgan fingerprint density at radius 1 is 1.15 bits per heavy atom. The summed E-state index contributed by atoms with van der Waals surface area (Å²) in [5, 5.41) is 15.5. The zero-order valence-electron chi connectivity index (χ0n) is 21.4. The summed E-state index contributed by atoms with van der Waals surface area (Å²) in [7, 11) is 2.20. The Labute approximate surface area is 237 Å². The summed E-state index contributed by atoms with van der Waals surface area (Å²) < 4.78 is 23.3. The maximum absolute atomic E-state index is 11.1. The van der Waals surface area contributed by atoms with E-state index in [-0.39, 0.29) is 6.54 Å². The van der Waals surface area contributed by atoms with Crippen molar-refractivity contribution in [1.29, 1.82) is 0 Å². The van der Waals surface area contributed by atoms with E-state index in [4.69, 9.17) is 4.55 Å². The number of benzene rings is 2. The van der Waals surface area contributed by atoms with Crippen molar-refractivity contribution in [3.63, 3.8) is 0 Å². The second-order valence-electron chi connectivity index (χ2n) is 10.3. The monoisotopic (exact) mass is 611 g/mol. The zero-order valence-corrected chi connectivity index (χ0v) is 23.8. The normalized spacial score (nSPS) is 17.8. The number of nitrogens with one attached hydrogen (secondary N) is 4. The molecule has 2 aliphatic heterocycles. The highest BCUT2D eigenvalue weighted by atomic mass is 79.9. The third-order valence-corrected chi connectivity index (χ3v) is 8.51. The molecule has 1 spiro atoms. The van der Waals surface area contributed by atoms with Gasteiger partial charge in [-0.15, -0.1) is 0 Å². The number of aromatic nitrogens is 4. The molecule has 204 valence electrons. The molecule has 2 saturated heterocycles. The van der Waals surface area contributed by atoms with Crippen molar-refractivity contribution >= 4 is 67.1 Å². The molecule has 4 aromatic rings. The van der Waals surface area contributed by atoms with E-state index in [1.54, 1.807) is 6.20 Å². The van der Waals surface area contributed by atoms with Crippen LogP contribution in [0.1, 0.15) is 18.4 Å². The van der Waals surface area contributed by atoms with E-state index >= 15 is 0 Å². The Bertz CT molecular complexity index is 1510. The molecular weight excluding hydrogens is 582 g/mol. The van der Waals surface area contributed by atoms with Gasteiger partial charge in [0.1, 0.15) is 5.82 Å². The van der Waals surface area contributed by atoms with Crippen molar-refractivity contribution in [2.45, 2.75) is 19.4 Å². The summed E-state index contributed by atoms with van der Waals surface area (Å²) in [6, 6.07) is 13.6. The number of piperidine rings is 1. The topological polar surface area (TPSA) is 134 Å². The van der Waals surface area contributed by atoms with E-state index in [0.717, 1.165) is 46.7 Å². The molecule has 2 fully saturated rings. The Balaban J connectivity index is 1.16. The first-order chi connectivity index (χ1) is 18.9. The molecule has 2 aromatic carbocycles. The van der Waals surface area contributed by atoms with Gasteiger partial charge in [-0.3, -0.25) is 9.65 Å². The molecule has 11 nitrogen and oxygen atoms in total. The lowest BCUT2D eigenvalue weighted by Crippen LogP contribution is -2.58. The van der Waals surface area contributed by atoms with Crippen LogP contribution in [0.5, 0.6) is 0 Å². The van der Waals surface area contributed by atoms with Gasteiger partial charge >= 0.3 is 0 Å². The predicted molar refractivity (Wildman–Crippen MR) is 158 cm³/mol. The van der Waals surface area contributed by atoms with Crippen LogP contribution in [0.15, 0.2) is 53.1 Å². The van der Waals surface area contributed by atoms with Crippen LogP contribution in [0.25, 0.3) is 10.9 Å². The number of nitrogens with zero attached hydrogens (tertiary/aromatic N) is 5. The van der Waals surface area contributed by atoms with E-state index < -0.39 is 11.3 Å². The number of fused-ring (bicyclic) bond motifs is 1. The summed E-state index contributed by atoms with van der Waals surface area (Å²) in [6.45, 7) is 4.72. The highest BCUT2D eigenvalue weighted by Crippen LogP contribution is 2.41. The number of rotatable bonds is 8. The SMILES string of the molecule is CN1CC2(CCN(c3n[nH]c4cc(Nc5ncc(Br)c(Nc6ccccc6CNS(=O)O)n5)ccc34)CC2)C1. The van der Waals surface area contributed by atoms with Crippen LogP contribution in [0.2, 0.25) is 0 Å². The van der Waals surface area contributed by atoms with Crippen molar-refractivity contribution in [1.82, 2.24) is 29.8 Å². The van der Waals surface area contributed by atoms with E-state index in [2.05, 4.69) is 74.4 Å². The fourth-order valence-corrected chi connectivity index (χ4v) is 6.21. The smallest absolute Gasteiger partial charge is 0.232 e. The van der Waals surface area contributed by atoms with Crippen LogP contribution in [0.3, 0.4) is 0 Å². The van der Waals surface area contributed by atoms with Crippen molar-refractivity contribution in [3.8, 4) is 0 Å². The van der Waals surface area contributed by atoms with E-state index in [1.807, 2.05) is 36.4 Å². The Morgan fingerprint density at radius 2 is 1.95 bits per heavy atom. The first kappa shape index (κ1) is 26.1. The first-order valence-electron chi connectivity index (χ1n) is 12.8. The quantitative estimate of drug-likeness (QED) is 0.184. The maximum Gasteiger partial charge on any atom is 0.232 e. The van der Waals surface area contributed by atoms with Gasteiger partial charge in [-0.25, -0.2) is 13.9 Å². The Hall–Kier alpha value is -3.10. The predicted octanol–water partition coefficient (Wildman–Crippen LogP) is 4.36. The number of halogens is 1. The Kier molecular flexibility index (Phi) is 7.25. The van der Waals surface area contributed by atoms with Gasteiger partial charge in [0.2, 0.25) is 17.2 Å². The maximum atomic E-state index is 11.1. The number of hydrogen-bond donors (Lipinski definition) is 5. The fourth-order valence-electron chi connectivity index (χ4n) is 5.64. The summed E-state index contributed by atoms with van der Waals surface area (Å²) in [4.78, 5) is 13.9. The molecule has 1 atom stereocenters. The van der Waals surface area contributed by atoms with Crippen molar-refractivity contribution in [2.24, 2.45) is 5.41 Å². The van der Waals surface area contributed by atoms with Gasteiger partial charge in [-0.2, -0.15) is 10.1 Å². The van der Waals surface area contributed by atoms with Gasteiger partial charge in [0.25, 0.3) is 0 Å². The number of anilines is 5. The highest BCUT2D eigenvalue weighted by molar-refractivity contribution is 9.10. The van der Waals surface area contributed by atoms with Crippen LogP contribution < -0.4 is 20.3 Å². The highest BCUT2D eigenvalue weighted by Gasteiger charge is 2.43. The third kappa shape index (κ3) is 5.63. The van der Waals surface area contributed by atoms with Gasteiger partial charge < -0.3 is 20.4 Å². The van der Waals surface area contributed by atoms with Gasteiger partial charge in [0.05, 0.1) is 9.99 Å². The summed E-state index contributed by atoms with van der Waals surface area (Å²) in [5.74, 6) is 2.01. The van der Waals surface area contributed by atoms with Crippen molar-refractivity contribution in [2.75, 3.05) is 48.8 Å². The average molecular weight is 613 g/mol. The molecule has 1 unspecified atom stereocenters. The number of hydrogen-bond acceptors (Lipinski definition) is 8. The second kappa shape index (κ2) is 10.8. The molecule has 2 aliphatic rings. The summed E-state index contributed by atoms with van der Waals surface area (Å²) >= 11 is 1.41. The summed E-state index contributed by atoms with van der Waals surface area (Å²) in [5.41, 5.74) is 3.89. The number of para-hydroxylation sites is 1. The molecule has 0 radical (unpaired) electrons. The minimum absolute atomic E-state index is 0.224. The molecule has 4 heterocycles. The molecule has 0 amide bonds. The third-order valence-electron chi connectivity index (χ3n) is 7.53. The van der Waals surface area contributed by atoms with Crippen LogP contribution >= 0.6 is 15.9 Å². The van der Waals surface area contributed by atoms with Crippen LogP contribution in [0, 0.1) is 5.41 Å². The zero-order chi connectivity index (χ0) is 27.0. The van der Waals surface area contributed by atoms with Crippen molar-refractivity contribution < 1.29 is 8.76 Å². The fraction of sp³-hybridized carbons (Fsp3) is 0.346. The number of H-pyrrole nitrogens is 1. The molecule has 0 saturated carbocycles. The van der Waals surface area contributed by atoms with E-state index in [1.165, 1.54) is 25.9 Å². The molecular formula is C26H30BrN9O2S. The first-order valence-corrected chi connectivity index (χ1v) is 14.7. The van der Waals surface area contributed by atoms with E-state index in [0.29, 0.717) is 21.7 Å². The average Bonchev–Trinajstić information content (AvgIpc) is 3.33. The lowest BCUT2D eigenvalue weighted by Gasteiger charge is -2.53. The largest absolute Gasteiger partial charge is 0.355 e. The molecule has 13 heteroatoms. The molecule has 5 N–H and O–H groups in total. The lowest BCUT2D eigenvalue weighted by molar-refractivity contribution is 0.00125. The molecule has 0 aliphatic carbocycles. The molecule has 2 aromatic heterocycles. The van der Waals surface area contributed by atoms with Crippen LogP contribution in [-0.2, 0) is 17.8 Å². The standard InChI is InChI=1S/C26H30BrN9O2S/c1-35-15-26(16-35)8-10-36(11-9-26)24-19-7-6-18(12-22(19)33-34-24)30-25-28-14-20(27)23(32-25)31-21-5-3-2-4-17(21)13-29-39(37)38/h2-7,12,14,29H,8-11,13,15-16H2,1H3,(H,33,34)(H,37,38)(H2,28,30,31,32). The molecule has 0 bridgehead atoms. The van der Waals surface area contributed by atoms with Crippen molar-refractivity contribution in [3.05, 3.63) is 58.7 Å². The second-order valence-corrected chi connectivity index (χ2v) is 12.0. The molecule has 39 heavy (non-hydrogen) atoms. The number of likely N-dealkylation sites (tertiary alicyclic amines) is 1. The van der Waals surface area contributed by atoms with Crippen LogP contribution in [-0.4, -0.2) is 67.1 Å². The number of aromatic amines is 1. The minimum Gasteiger partial charge on any atom is -0.355 e. The molecule has 6 rings (SSSR count). The van der Waals surface area contributed by atoms with Gasteiger partial charge in [-0.05, 0) is 71.1 Å². The summed E-state index contributed by atoms with van der Waals surface area (Å²) in [6.07, 6.45) is 4.10.